The summed E-state index contributed by atoms with van der Waals surface area (Å²) >= 11 is 0. The molecule has 6 heteroatoms. The average Bonchev–Trinajstić information content (AvgIpc) is 3.24. The van der Waals surface area contributed by atoms with Gasteiger partial charge in [0, 0.05) is 11.1 Å². The highest BCUT2D eigenvalue weighted by Crippen LogP contribution is 2.31. The van der Waals surface area contributed by atoms with Crippen LogP contribution in [0.25, 0.3) is 22.9 Å². The largest absolute Gasteiger partial charge is 0.488 e. The fourth-order valence-corrected chi connectivity index (χ4v) is 3.27. The van der Waals surface area contributed by atoms with Crippen LogP contribution in [0.15, 0.2) is 71.1 Å². The second-order valence-electron chi connectivity index (χ2n) is 7.01. The van der Waals surface area contributed by atoms with E-state index in [1.807, 2.05) is 56.3 Å². The number of benzene rings is 3. The first kappa shape index (κ1) is 19.4. The summed E-state index contributed by atoms with van der Waals surface area (Å²) in [6.45, 7) is 4.45. The molecule has 1 heterocycles. The molecule has 0 spiro atoms. The Kier molecular flexibility index (Phi) is 5.30. The van der Waals surface area contributed by atoms with Crippen molar-refractivity contribution in [2.24, 2.45) is 0 Å². The Hall–Kier alpha value is -3.93. The van der Waals surface area contributed by atoms with Gasteiger partial charge >= 0.3 is 5.97 Å². The number of ether oxygens (including phenoxy) is 1. The molecule has 0 saturated carbocycles. The molecule has 0 unspecified atom stereocenters. The number of carboxylic acid groups (broad SMARTS) is 1. The first-order valence-electron chi connectivity index (χ1n) is 9.47. The van der Waals surface area contributed by atoms with E-state index < -0.39 is 5.97 Å². The molecule has 0 aliphatic rings. The number of rotatable bonds is 6. The molecule has 150 valence electrons. The lowest BCUT2D eigenvalue weighted by Crippen LogP contribution is -1.99. The van der Waals surface area contributed by atoms with Crippen LogP contribution in [0.2, 0.25) is 0 Å². The quantitative estimate of drug-likeness (QED) is 0.473. The molecule has 0 fully saturated rings. The highest BCUT2D eigenvalue weighted by Gasteiger charge is 2.15. The maximum absolute atomic E-state index is 11.2. The monoisotopic (exact) mass is 400 g/mol. The highest BCUT2D eigenvalue weighted by molar-refractivity contribution is 5.89. The Labute approximate surface area is 173 Å². The Bertz CT molecular complexity index is 1180. The second kappa shape index (κ2) is 8.21. The first-order chi connectivity index (χ1) is 14.5. The van der Waals surface area contributed by atoms with Gasteiger partial charge in [-0.1, -0.05) is 36.4 Å². The number of carboxylic acids is 1. The van der Waals surface area contributed by atoms with Crippen molar-refractivity contribution in [2.75, 3.05) is 0 Å². The van der Waals surface area contributed by atoms with Gasteiger partial charge < -0.3 is 14.3 Å². The van der Waals surface area contributed by atoms with Crippen molar-refractivity contribution < 1.29 is 19.1 Å². The van der Waals surface area contributed by atoms with Crippen LogP contribution in [0.3, 0.4) is 0 Å². The third-order valence-electron chi connectivity index (χ3n) is 4.71. The van der Waals surface area contributed by atoms with Gasteiger partial charge in [-0.15, -0.1) is 10.2 Å². The van der Waals surface area contributed by atoms with E-state index in [4.69, 9.17) is 14.3 Å². The van der Waals surface area contributed by atoms with E-state index in [0.29, 0.717) is 18.1 Å². The van der Waals surface area contributed by atoms with Crippen LogP contribution < -0.4 is 4.74 Å². The van der Waals surface area contributed by atoms with Gasteiger partial charge in [0.25, 0.3) is 0 Å². The smallest absolute Gasteiger partial charge is 0.335 e. The maximum atomic E-state index is 11.2. The van der Waals surface area contributed by atoms with E-state index in [2.05, 4.69) is 10.2 Å². The summed E-state index contributed by atoms with van der Waals surface area (Å²) < 4.78 is 11.8. The van der Waals surface area contributed by atoms with Crippen molar-refractivity contribution in [1.82, 2.24) is 10.2 Å². The van der Waals surface area contributed by atoms with Crippen molar-refractivity contribution in [3.8, 4) is 28.7 Å². The molecule has 3 aromatic carbocycles. The van der Waals surface area contributed by atoms with Gasteiger partial charge in [-0.05, 0) is 60.9 Å². The van der Waals surface area contributed by atoms with E-state index >= 15 is 0 Å². The molecule has 4 rings (SSSR count). The zero-order valence-corrected chi connectivity index (χ0v) is 16.6. The van der Waals surface area contributed by atoms with E-state index in [9.17, 15) is 4.79 Å². The van der Waals surface area contributed by atoms with Crippen LogP contribution in [-0.2, 0) is 6.61 Å². The van der Waals surface area contributed by atoms with Crippen LogP contribution in [0.5, 0.6) is 5.75 Å². The molecule has 30 heavy (non-hydrogen) atoms. The number of hydrogen-bond donors (Lipinski definition) is 1. The molecule has 4 aromatic rings. The number of hydrogen-bond acceptors (Lipinski definition) is 5. The van der Waals surface area contributed by atoms with Crippen molar-refractivity contribution in [2.45, 2.75) is 20.5 Å². The minimum absolute atomic E-state index is 0.166. The molecule has 1 N–H and O–H groups in total. The van der Waals surface area contributed by atoms with Crippen molar-refractivity contribution in [3.63, 3.8) is 0 Å². The molecular weight excluding hydrogens is 380 g/mol. The molecule has 6 nitrogen and oxygen atoms in total. The van der Waals surface area contributed by atoms with Crippen molar-refractivity contribution in [1.29, 1.82) is 0 Å². The van der Waals surface area contributed by atoms with E-state index in [1.165, 1.54) is 12.1 Å². The number of aromatic nitrogens is 2. The van der Waals surface area contributed by atoms with Crippen LogP contribution in [0, 0.1) is 13.8 Å². The molecule has 0 amide bonds. The summed E-state index contributed by atoms with van der Waals surface area (Å²) in [5, 5.41) is 17.4. The number of nitrogens with zero attached hydrogens (tertiary/aromatic N) is 2. The summed E-state index contributed by atoms with van der Waals surface area (Å²) in [6, 6.07) is 20.3. The van der Waals surface area contributed by atoms with E-state index in [0.717, 1.165) is 28.0 Å². The molecule has 0 atom stereocenters. The van der Waals surface area contributed by atoms with E-state index in [-0.39, 0.29) is 11.5 Å². The Balaban J connectivity index is 1.58. The number of aryl methyl sites for hydroxylation is 2. The standard InChI is InChI=1S/C24H20N2O4/c1-15-11-20(12-16(2)21(15)29-14-17-7-4-3-5-8-17)23-26-25-22(30-23)18-9-6-10-19(13-18)24(27)28/h3-13H,14H2,1-2H3,(H,27,28). The van der Waals surface area contributed by atoms with Gasteiger partial charge in [0.15, 0.2) is 0 Å². The van der Waals surface area contributed by atoms with E-state index in [1.54, 1.807) is 12.1 Å². The SMILES string of the molecule is Cc1cc(-c2nnc(-c3cccc(C(=O)O)c3)o2)cc(C)c1OCc1ccccc1. The molecule has 0 aliphatic carbocycles. The summed E-state index contributed by atoms with van der Waals surface area (Å²) in [5.74, 6) is 0.463. The predicted octanol–water partition coefficient (Wildman–Crippen LogP) is 5.30. The summed E-state index contributed by atoms with van der Waals surface area (Å²) in [7, 11) is 0. The van der Waals surface area contributed by atoms with Gasteiger partial charge in [-0.3, -0.25) is 0 Å². The lowest BCUT2D eigenvalue weighted by molar-refractivity contribution is 0.0697. The average molecular weight is 400 g/mol. The molecule has 0 aliphatic heterocycles. The maximum Gasteiger partial charge on any atom is 0.335 e. The molecule has 0 saturated heterocycles. The summed E-state index contributed by atoms with van der Waals surface area (Å²) in [5.41, 5.74) is 4.54. The number of aromatic carboxylic acids is 1. The Morgan fingerprint density at radius 2 is 1.57 bits per heavy atom. The van der Waals surface area contributed by atoms with Crippen molar-refractivity contribution >= 4 is 5.97 Å². The normalized spacial score (nSPS) is 10.7. The predicted molar refractivity (Wildman–Crippen MR) is 112 cm³/mol. The van der Waals surface area contributed by atoms with Gasteiger partial charge in [0.05, 0.1) is 5.56 Å². The lowest BCUT2D eigenvalue weighted by atomic mass is 10.1. The van der Waals surface area contributed by atoms with Crippen LogP contribution in [0.4, 0.5) is 0 Å². The first-order valence-corrected chi connectivity index (χ1v) is 9.47. The molecule has 1 aromatic heterocycles. The Morgan fingerprint density at radius 3 is 2.23 bits per heavy atom. The summed E-state index contributed by atoms with van der Waals surface area (Å²) in [4.78, 5) is 11.2. The third kappa shape index (κ3) is 4.07. The zero-order chi connectivity index (χ0) is 21.1. The van der Waals surface area contributed by atoms with Gasteiger partial charge in [0.1, 0.15) is 12.4 Å². The zero-order valence-electron chi connectivity index (χ0n) is 16.6. The fraction of sp³-hybridized carbons (Fsp3) is 0.125. The lowest BCUT2D eigenvalue weighted by Gasteiger charge is -2.13. The van der Waals surface area contributed by atoms with Gasteiger partial charge in [-0.2, -0.15) is 0 Å². The van der Waals surface area contributed by atoms with Crippen LogP contribution in [0.1, 0.15) is 27.0 Å². The highest BCUT2D eigenvalue weighted by atomic mass is 16.5. The Morgan fingerprint density at radius 1 is 0.900 bits per heavy atom. The van der Waals surface area contributed by atoms with Crippen LogP contribution in [-0.4, -0.2) is 21.3 Å². The second-order valence-corrected chi connectivity index (χ2v) is 7.01. The van der Waals surface area contributed by atoms with Crippen molar-refractivity contribution in [3.05, 3.63) is 89.0 Å². The number of carbonyl (C=O) groups is 1. The summed E-state index contributed by atoms with van der Waals surface area (Å²) in [6.07, 6.45) is 0. The topological polar surface area (TPSA) is 85.5 Å². The minimum Gasteiger partial charge on any atom is -0.488 e. The molecular formula is C24H20N2O4. The third-order valence-corrected chi connectivity index (χ3v) is 4.71. The minimum atomic E-state index is -1.01. The van der Waals surface area contributed by atoms with Crippen LogP contribution >= 0.6 is 0 Å². The fourth-order valence-electron chi connectivity index (χ4n) is 3.27. The molecule has 0 radical (unpaired) electrons. The van der Waals surface area contributed by atoms with Gasteiger partial charge in [0.2, 0.25) is 11.8 Å². The molecule has 0 bridgehead atoms. The van der Waals surface area contributed by atoms with Gasteiger partial charge in [-0.25, -0.2) is 4.79 Å².